The van der Waals surface area contributed by atoms with E-state index in [2.05, 4.69) is 15.5 Å². The summed E-state index contributed by atoms with van der Waals surface area (Å²) in [6.07, 6.45) is -0.650. The highest BCUT2D eigenvalue weighted by atomic mass is 16.5. The lowest BCUT2D eigenvalue weighted by Gasteiger charge is -2.15. The van der Waals surface area contributed by atoms with Crippen molar-refractivity contribution in [2.45, 2.75) is 33.4 Å². The number of rotatable bonds is 7. The zero-order valence-corrected chi connectivity index (χ0v) is 16.4. The van der Waals surface area contributed by atoms with Crippen molar-refractivity contribution in [3.8, 4) is 22.9 Å². The largest absolute Gasteiger partial charge is 0.497 e. The van der Waals surface area contributed by atoms with Gasteiger partial charge in [-0.2, -0.15) is 4.98 Å². The molecule has 146 valence electrons. The highest BCUT2D eigenvalue weighted by molar-refractivity contribution is 5.80. The van der Waals surface area contributed by atoms with Crippen molar-refractivity contribution in [3.63, 3.8) is 0 Å². The second kappa shape index (κ2) is 8.56. The van der Waals surface area contributed by atoms with Crippen LogP contribution >= 0.6 is 0 Å². The van der Waals surface area contributed by atoms with Crippen LogP contribution < -0.4 is 14.8 Å². The number of aryl methyl sites for hydroxylation is 2. The third kappa shape index (κ3) is 4.68. The fourth-order valence-electron chi connectivity index (χ4n) is 2.56. The van der Waals surface area contributed by atoms with Gasteiger partial charge in [0.15, 0.2) is 6.10 Å². The van der Waals surface area contributed by atoms with Crippen molar-refractivity contribution in [1.82, 2.24) is 15.5 Å². The van der Waals surface area contributed by atoms with Crippen molar-refractivity contribution >= 4 is 5.91 Å². The smallest absolute Gasteiger partial charge is 0.261 e. The first-order chi connectivity index (χ1) is 13.5. The van der Waals surface area contributed by atoms with E-state index in [1.807, 2.05) is 56.3 Å². The molecule has 0 spiro atoms. The molecule has 1 amide bonds. The van der Waals surface area contributed by atoms with E-state index in [4.69, 9.17) is 14.0 Å². The Bertz CT molecular complexity index is 968. The molecule has 0 bridgehead atoms. The lowest BCUT2D eigenvalue weighted by molar-refractivity contribution is -0.127. The number of nitrogens with zero attached hydrogens (tertiary/aromatic N) is 2. The number of nitrogens with one attached hydrogen (secondary N) is 1. The van der Waals surface area contributed by atoms with Crippen LogP contribution in [0.1, 0.15) is 23.9 Å². The van der Waals surface area contributed by atoms with Gasteiger partial charge in [-0.25, -0.2) is 0 Å². The molecule has 7 heteroatoms. The fourth-order valence-corrected chi connectivity index (χ4v) is 2.56. The molecule has 0 aliphatic carbocycles. The van der Waals surface area contributed by atoms with E-state index < -0.39 is 6.10 Å². The molecule has 1 heterocycles. The van der Waals surface area contributed by atoms with Crippen LogP contribution in [-0.2, 0) is 11.3 Å². The number of carbonyl (C=O) groups excluding carboxylic acids is 1. The van der Waals surface area contributed by atoms with Gasteiger partial charge in [-0.3, -0.25) is 4.79 Å². The van der Waals surface area contributed by atoms with Crippen molar-refractivity contribution < 1.29 is 18.8 Å². The van der Waals surface area contributed by atoms with Crippen LogP contribution in [-0.4, -0.2) is 29.3 Å². The third-order valence-corrected chi connectivity index (χ3v) is 4.37. The van der Waals surface area contributed by atoms with Crippen LogP contribution in [0.4, 0.5) is 0 Å². The number of aromatic nitrogens is 2. The number of carbonyl (C=O) groups is 1. The van der Waals surface area contributed by atoms with Crippen molar-refractivity contribution in [1.29, 1.82) is 0 Å². The van der Waals surface area contributed by atoms with Gasteiger partial charge in [0.1, 0.15) is 11.5 Å². The summed E-state index contributed by atoms with van der Waals surface area (Å²) in [7, 11) is 1.59. The number of hydrogen-bond acceptors (Lipinski definition) is 6. The van der Waals surface area contributed by atoms with Crippen molar-refractivity contribution in [2.75, 3.05) is 7.11 Å². The van der Waals surface area contributed by atoms with E-state index in [-0.39, 0.29) is 12.5 Å². The highest BCUT2D eigenvalue weighted by Gasteiger charge is 2.16. The molecule has 1 N–H and O–H groups in total. The molecule has 1 aromatic heterocycles. The van der Waals surface area contributed by atoms with Crippen molar-refractivity contribution in [2.24, 2.45) is 0 Å². The van der Waals surface area contributed by atoms with Gasteiger partial charge < -0.3 is 19.3 Å². The molecule has 1 atom stereocenters. The van der Waals surface area contributed by atoms with E-state index in [1.54, 1.807) is 14.0 Å². The van der Waals surface area contributed by atoms with Gasteiger partial charge in [0.25, 0.3) is 5.91 Å². The highest BCUT2D eigenvalue weighted by Crippen LogP contribution is 2.21. The number of ether oxygens (including phenoxy) is 2. The second-order valence-corrected chi connectivity index (χ2v) is 6.47. The van der Waals surface area contributed by atoms with E-state index in [0.29, 0.717) is 23.2 Å². The molecule has 0 aliphatic heterocycles. The molecule has 0 radical (unpaired) electrons. The summed E-state index contributed by atoms with van der Waals surface area (Å²) in [6.45, 7) is 5.85. The summed E-state index contributed by atoms with van der Waals surface area (Å²) in [5.74, 6) is 1.84. The lowest BCUT2D eigenvalue weighted by atomic mass is 10.1. The third-order valence-electron chi connectivity index (χ3n) is 4.37. The predicted octanol–water partition coefficient (Wildman–Crippen LogP) is 3.45. The van der Waals surface area contributed by atoms with E-state index in [0.717, 1.165) is 11.1 Å². The van der Waals surface area contributed by atoms with Crippen LogP contribution in [0.15, 0.2) is 47.0 Å². The number of hydrogen-bond donors (Lipinski definition) is 1. The van der Waals surface area contributed by atoms with E-state index in [9.17, 15) is 4.79 Å². The molecular formula is C21H23N3O4. The minimum Gasteiger partial charge on any atom is -0.497 e. The molecule has 2 aromatic carbocycles. The minimum absolute atomic E-state index is 0.121. The maximum Gasteiger partial charge on any atom is 0.261 e. The molecule has 0 saturated carbocycles. The quantitative estimate of drug-likeness (QED) is 0.675. The average Bonchev–Trinajstić information content (AvgIpc) is 3.18. The van der Waals surface area contributed by atoms with Gasteiger partial charge in [0.2, 0.25) is 11.7 Å². The molecule has 7 nitrogen and oxygen atoms in total. The summed E-state index contributed by atoms with van der Waals surface area (Å²) in [5.41, 5.74) is 3.06. The Morgan fingerprint density at radius 2 is 1.96 bits per heavy atom. The normalized spacial score (nSPS) is 11.7. The first-order valence-electron chi connectivity index (χ1n) is 8.95. The van der Waals surface area contributed by atoms with Crippen molar-refractivity contribution in [3.05, 3.63) is 59.5 Å². The van der Waals surface area contributed by atoms with Gasteiger partial charge in [0.05, 0.1) is 13.7 Å². The van der Waals surface area contributed by atoms with Gasteiger partial charge >= 0.3 is 0 Å². The standard InChI is InChI=1S/C21H23N3O4/c1-13-8-9-18(10-14(13)2)27-15(3)21(25)22-12-19-23-20(24-28-19)16-6-5-7-17(11-16)26-4/h5-11,15H,12H2,1-4H3,(H,22,25)/t15-/m1/s1. The average molecular weight is 381 g/mol. The van der Waals surface area contributed by atoms with Crippen LogP contribution in [0, 0.1) is 13.8 Å². The molecule has 0 unspecified atom stereocenters. The lowest BCUT2D eigenvalue weighted by Crippen LogP contribution is -2.36. The first-order valence-corrected chi connectivity index (χ1v) is 8.95. The maximum atomic E-state index is 12.3. The predicted molar refractivity (Wildman–Crippen MR) is 104 cm³/mol. The number of benzene rings is 2. The molecule has 3 rings (SSSR count). The Hall–Kier alpha value is -3.35. The topological polar surface area (TPSA) is 86.5 Å². The second-order valence-electron chi connectivity index (χ2n) is 6.47. The Kier molecular flexibility index (Phi) is 5.93. The van der Waals surface area contributed by atoms with E-state index in [1.165, 1.54) is 5.56 Å². The summed E-state index contributed by atoms with van der Waals surface area (Å²) in [4.78, 5) is 16.6. The summed E-state index contributed by atoms with van der Waals surface area (Å²) in [6, 6.07) is 13.1. The maximum absolute atomic E-state index is 12.3. The van der Waals surface area contributed by atoms with Gasteiger partial charge in [-0.1, -0.05) is 23.4 Å². The molecule has 28 heavy (non-hydrogen) atoms. The Morgan fingerprint density at radius 1 is 1.14 bits per heavy atom. The molecule has 0 fully saturated rings. The zero-order chi connectivity index (χ0) is 20.1. The SMILES string of the molecule is COc1cccc(-c2noc(CNC(=O)[C@@H](C)Oc3ccc(C)c(C)c3)n2)c1. The minimum atomic E-state index is -0.650. The van der Waals surface area contributed by atoms with E-state index >= 15 is 0 Å². The van der Waals surface area contributed by atoms with Gasteiger partial charge in [-0.15, -0.1) is 0 Å². The van der Waals surface area contributed by atoms with Gasteiger partial charge in [-0.05, 0) is 56.2 Å². The molecular weight excluding hydrogens is 358 g/mol. The van der Waals surface area contributed by atoms with Crippen LogP contribution in [0.5, 0.6) is 11.5 Å². The summed E-state index contributed by atoms with van der Waals surface area (Å²) in [5, 5.41) is 6.69. The monoisotopic (exact) mass is 381 g/mol. The summed E-state index contributed by atoms with van der Waals surface area (Å²) >= 11 is 0. The molecule has 0 saturated heterocycles. The number of amides is 1. The Labute approximate surface area is 163 Å². The van der Waals surface area contributed by atoms with Gasteiger partial charge in [0, 0.05) is 5.56 Å². The number of methoxy groups -OCH3 is 1. The summed E-state index contributed by atoms with van der Waals surface area (Å²) < 4.78 is 16.1. The zero-order valence-electron chi connectivity index (χ0n) is 16.4. The molecule has 3 aromatic rings. The Morgan fingerprint density at radius 3 is 2.71 bits per heavy atom. The first kappa shape index (κ1) is 19.4. The Balaban J connectivity index is 1.57. The fraction of sp³-hybridized carbons (Fsp3) is 0.286. The van der Waals surface area contributed by atoms with Crippen LogP contribution in [0.3, 0.4) is 0 Å². The molecule has 0 aliphatic rings. The van der Waals surface area contributed by atoms with Crippen LogP contribution in [0.2, 0.25) is 0 Å². The van der Waals surface area contributed by atoms with Crippen LogP contribution in [0.25, 0.3) is 11.4 Å².